The van der Waals surface area contributed by atoms with Crippen molar-refractivity contribution in [3.8, 4) is 0 Å². The Morgan fingerprint density at radius 3 is 2.54 bits per heavy atom. The van der Waals surface area contributed by atoms with E-state index in [0.717, 1.165) is 17.6 Å². The number of aryl methyl sites for hydroxylation is 1. The number of hydrogen-bond donors (Lipinski definition) is 4. The second-order valence-corrected chi connectivity index (χ2v) is 8.51. The van der Waals surface area contributed by atoms with Gasteiger partial charge in [-0.15, -0.1) is 0 Å². The number of nitrogens with zero attached hydrogens (tertiary/aromatic N) is 1. The number of rotatable bonds is 8. The molecule has 1 unspecified atom stereocenters. The predicted octanol–water partition coefficient (Wildman–Crippen LogP) is 1.92. The zero-order valence-electron chi connectivity index (χ0n) is 16.6. The molecule has 0 bridgehead atoms. The van der Waals surface area contributed by atoms with E-state index < -0.39 is 15.6 Å². The van der Waals surface area contributed by atoms with E-state index in [1.165, 1.54) is 0 Å². The molecule has 0 saturated carbocycles. The predicted molar refractivity (Wildman–Crippen MR) is 111 cm³/mol. The SMILES string of the molecule is CCNC(=NCc1ccccc1NS(C)(=O)=O)NCC(C)(O)c1ccc(C)o1. The minimum atomic E-state index is -3.38. The summed E-state index contributed by atoms with van der Waals surface area (Å²) in [5.74, 6) is 1.70. The molecule has 0 radical (unpaired) electrons. The van der Waals surface area contributed by atoms with Crippen molar-refractivity contribution in [1.82, 2.24) is 10.6 Å². The number of para-hydroxylation sites is 1. The summed E-state index contributed by atoms with van der Waals surface area (Å²) < 4.78 is 31.1. The van der Waals surface area contributed by atoms with Crippen LogP contribution in [0.1, 0.15) is 30.9 Å². The lowest BCUT2D eigenvalue weighted by Crippen LogP contribution is -2.44. The Morgan fingerprint density at radius 2 is 1.93 bits per heavy atom. The van der Waals surface area contributed by atoms with Crippen molar-refractivity contribution in [2.24, 2.45) is 4.99 Å². The maximum atomic E-state index is 11.5. The van der Waals surface area contributed by atoms with Gasteiger partial charge in [-0.1, -0.05) is 18.2 Å². The smallest absolute Gasteiger partial charge is 0.229 e. The molecule has 154 valence electrons. The number of hydrogen-bond acceptors (Lipinski definition) is 5. The molecule has 0 fully saturated rings. The number of guanidine groups is 1. The molecule has 1 atom stereocenters. The van der Waals surface area contributed by atoms with E-state index in [-0.39, 0.29) is 13.1 Å². The fraction of sp³-hybridized carbons (Fsp3) is 0.421. The van der Waals surface area contributed by atoms with Crippen molar-refractivity contribution in [2.45, 2.75) is 32.9 Å². The van der Waals surface area contributed by atoms with Crippen molar-refractivity contribution in [1.29, 1.82) is 0 Å². The molecule has 9 heteroatoms. The first-order chi connectivity index (χ1) is 13.1. The number of sulfonamides is 1. The highest BCUT2D eigenvalue weighted by atomic mass is 32.2. The number of benzene rings is 1. The van der Waals surface area contributed by atoms with Crippen molar-refractivity contribution in [2.75, 3.05) is 24.1 Å². The van der Waals surface area contributed by atoms with Crippen LogP contribution in [0.5, 0.6) is 0 Å². The van der Waals surface area contributed by atoms with E-state index >= 15 is 0 Å². The van der Waals surface area contributed by atoms with Crippen molar-refractivity contribution in [3.63, 3.8) is 0 Å². The van der Waals surface area contributed by atoms with Gasteiger partial charge < -0.3 is 20.2 Å². The largest absolute Gasteiger partial charge is 0.463 e. The Bertz CT molecular complexity index is 920. The number of furan rings is 1. The molecule has 0 spiro atoms. The van der Waals surface area contributed by atoms with Crippen LogP contribution in [-0.4, -0.2) is 38.8 Å². The third-order valence-electron chi connectivity index (χ3n) is 3.94. The fourth-order valence-electron chi connectivity index (χ4n) is 2.53. The topological polar surface area (TPSA) is 116 Å². The van der Waals surface area contributed by atoms with E-state index in [0.29, 0.717) is 24.0 Å². The average molecular weight is 409 g/mol. The molecule has 28 heavy (non-hydrogen) atoms. The van der Waals surface area contributed by atoms with Crippen LogP contribution in [0, 0.1) is 6.92 Å². The zero-order valence-corrected chi connectivity index (χ0v) is 17.4. The Balaban J connectivity index is 2.11. The Morgan fingerprint density at radius 1 is 1.21 bits per heavy atom. The average Bonchev–Trinajstić information content (AvgIpc) is 3.05. The van der Waals surface area contributed by atoms with Crippen molar-refractivity contribution in [3.05, 3.63) is 53.5 Å². The van der Waals surface area contributed by atoms with Crippen LogP contribution in [0.3, 0.4) is 0 Å². The van der Waals surface area contributed by atoms with Crippen LogP contribution in [0.15, 0.2) is 45.8 Å². The number of anilines is 1. The maximum Gasteiger partial charge on any atom is 0.229 e. The van der Waals surface area contributed by atoms with Crippen LogP contribution >= 0.6 is 0 Å². The molecule has 0 amide bonds. The summed E-state index contributed by atoms with van der Waals surface area (Å²) in [7, 11) is -3.38. The first-order valence-electron chi connectivity index (χ1n) is 8.98. The van der Waals surface area contributed by atoms with Crippen molar-refractivity contribution < 1.29 is 17.9 Å². The molecule has 1 aromatic carbocycles. The molecule has 8 nitrogen and oxygen atoms in total. The third kappa shape index (κ3) is 6.58. The summed E-state index contributed by atoms with van der Waals surface area (Å²) in [5, 5.41) is 16.9. The summed E-state index contributed by atoms with van der Waals surface area (Å²) >= 11 is 0. The van der Waals surface area contributed by atoms with Gasteiger partial charge in [-0.2, -0.15) is 0 Å². The first-order valence-corrected chi connectivity index (χ1v) is 10.9. The van der Waals surface area contributed by atoms with Gasteiger partial charge in [0.2, 0.25) is 10.0 Å². The highest BCUT2D eigenvalue weighted by Gasteiger charge is 2.27. The van der Waals surface area contributed by atoms with E-state index in [9.17, 15) is 13.5 Å². The molecule has 2 aromatic rings. The van der Waals surface area contributed by atoms with E-state index in [1.807, 2.05) is 26.0 Å². The number of aliphatic hydroxyl groups is 1. The normalized spacial score (nSPS) is 14.4. The maximum absolute atomic E-state index is 11.5. The molecule has 0 aliphatic rings. The molecule has 2 rings (SSSR count). The van der Waals surface area contributed by atoms with Gasteiger partial charge >= 0.3 is 0 Å². The highest BCUT2D eigenvalue weighted by Crippen LogP contribution is 2.22. The molecule has 4 N–H and O–H groups in total. The van der Waals surface area contributed by atoms with Gasteiger partial charge in [0.1, 0.15) is 17.1 Å². The van der Waals surface area contributed by atoms with Gasteiger partial charge in [0, 0.05) is 6.54 Å². The molecule has 0 aliphatic carbocycles. The van der Waals surface area contributed by atoms with Crippen LogP contribution in [0.25, 0.3) is 0 Å². The monoisotopic (exact) mass is 408 g/mol. The van der Waals surface area contributed by atoms with Gasteiger partial charge in [-0.05, 0) is 44.5 Å². The first kappa shape index (κ1) is 21.8. The molecule has 0 aliphatic heterocycles. The lowest BCUT2D eigenvalue weighted by Gasteiger charge is -2.23. The number of nitrogens with one attached hydrogen (secondary N) is 3. The van der Waals surface area contributed by atoms with E-state index in [2.05, 4.69) is 20.3 Å². The quantitative estimate of drug-likeness (QED) is 0.392. The highest BCUT2D eigenvalue weighted by molar-refractivity contribution is 7.92. The summed E-state index contributed by atoms with van der Waals surface area (Å²) in [6, 6.07) is 10.6. The van der Waals surface area contributed by atoms with Gasteiger partial charge in [-0.3, -0.25) is 4.72 Å². The van der Waals surface area contributed by atoms with Crippen molar-refractivity contribution >= 4 is 21.7 Å². The minimum absolute atomic E-state index is 0.190. The molecular formula is C19H28N4O4S. The van der Waals surface area contributed by atoms with Crippen LogP contribution in [0.2, 0.25) is 0 Å². The molecule has 1 aromatic heterocycles. The second-order valence-electron chi connectivity index (χ2n) is 6.76. The minimum Gasteiger partial charge on any atom is -0.463 e. The Hall–Kier alpha value is -2.52. The molecule has 0 saturated heterocycles. The van der Waals surface area contributed by atoms with Gasteiger partial charge in [0.25, 0.3) is 0 Å². The summed E-state index contributed by atoms with van der Waals surface area (Å²) in [6.45, 7) is 6.50. The zero-order chi connectivity index (χ0) is 20.8. The summed E-state index contributed by atoms with van der Waals surface area (Å²) in [6.07, 6.45) is 1.11. The Kier molecular flexibility index (Phi) is 7.09. The lowest BCUT2D eigenvalue weighted by molar-refractivity contribution is 0.0378. The van der Waals surface area contributed by atoms with Crippen LogP contribution in [0.4, 0.5) is 5.69 Å². The van der Waals surface area contributed by atoms with Crippen LogP contribution in [-0.2, 0) is 22.2 Å². The van der Waals surface area contributed by atoms with Gasteiger partial charge in [0.15, 0.2) is 5.96 Å². The third-order valence-corrected chi connectivity index (χ3v) is 4.53. The standard InChI is InChI=1S/C19H28N4O4S/c1-5-20-18(22-13-19(3,24)17-11-10-14(2)27-17)21-12-15-8-6-7-9-16(15)23-28(4,25)26/h6-11,23-24H,5,12-13H2,1-4H3,(H2,20,21,22). The Labute approximate surface area is 166 Å². The fourth-order valence-corrected chi connectivity index (χ4v) is 3.13. The number of aliphatic imine (C=N–C) groups is 1. The lowest BCUT2D eigenvalue weighted by atomic mass is 10.0. The van der Waals surface area contributed by atoms with Crippen LogP contribution < -0.4 is 15.4 Å². The van der Waals surface area contributed by atoms with Gasteiger partial charge in [-0.25, -0.2) is 13.4 Å². The second kappa shape index (κ2) is 9.11. The molecule has 1 heterocycles. The van der Waals surface area contributed by atoms with Gasteiger partial charge in [0.05, 0.1) is 25.0 Å². The summed E-state index contributed by atoms with van der Waals surface area (Å²) in [5.41, 5.74) is 0.0152. The summed E-state index contributed by atoms with van der Waals surface area (Å²) in [4.78, 5) is 4.49. The van der Waals surface area contributed by atoms with E-state index in [4.69, 9.17) is 4.42 Å². The molecular weight excluding hydrogens is 380 g/mol. The van der Waals surface area contributed by atoms with E-state index in [1.54, 1.807) is 31.2 Å².